The summed E-state index contributed by atoms with van der Waals surface area (Å²) in [5.41, 5.74) is 9.37. The Labute approximate surface area is 99.3 Å². The summed E-state index contributed by atoms with van der Waals surface area (Å²) in [4.78, 5) is 2.73. The Morgan fingerprint density at radius 1 is 1.35 bits per heavy atom. The van der Waals surface area contributed by atoms with Crippen LogP contribution in [-0.4, -0.2) is 18.9 Å². The van der Waals surface area contributed by atoms with Crippen LogP contribution in [0, 0.1) is 0 Å². The van der Waals surface area contributed by atoms with Crippen molar-refractivity contribution in [2.24, 2.45) is 5.11 Å². The van der Waals surface area contributed by atoms with Gasteiger partial charge in [-0.1, -0.05) is 41.5 Å². The highest BCUT2D eigenvalue weighted by Gasteiger charge is 2.14. The summed E-state index contributed by atoms with van der Waals surface area (Å²) in [5.74, 6) is 0. The Kier molecular flexibility index (Phi) is 4.16. The smallest absolute Gasteiger partial charge is 0.177 e. The highest BCUT2D eigenvalue weighted by molar-refractivity contribution is 5.13. The standard InChI is InChI=1S/C12H13N3O2/c13-15-14-11-6-7-12(17-9-11)16-8-10-4-2-1-3-5-10/h1-7,11-12H,8-9H2/t11-,12+/m0/s1. The molecule has 5 heteroatoms. The van der Waals surface area contributed by atoms with Gasteiger partial charge in [-0.05, 0) is 17.2 Å². The molecule has 88 valence electrons. The Morgan fingerprint density at radius 3 is 2.82 bits per heavy atom. The summed E-state index contributed by atoms with van der Waals surface area (Å²) in [6.07, 6.45) is 3.21. The summed E-state index contributed by atoms with van der Waals surface area (Å²) >= 11 is 0. The van der Waals surface area contributed by atoms with E-state index in [-0.39, 0.29) is 12.3 Å². The summed E-state index contributed by atoms with van der Waals surface area (Å²) < 4.78 is 10.9. The minimum atomic E-state index is -0.361. The van der Waals surface area contributed by atoms with Crippen LogP contribution in [0.1, 0.15) is 5.56 Å². The van der Waals surface area contributed by atoms with Gasteiger partial charge in [0.2, 0.25) is 0 Å². The topological polar surface area (TPSA) is 67.2 Å². The predicted molar refractivity (Wildman–Crippen MR) is 63.0 cm³/mol. The first kappa shape index (κ1) is 11.7. The first-order valence-electron chi connectivity index (χ1n) is 5.38. The van der Waals surface area contributed by atoms with Crippen LogP contribution >= 0.6 is 0 Å². The molecule has 0 saturated heterocycles. The first-order valence-corrected chi connectivity index (χ1v) is 5.38. The van der Waals surface area contributed by atoms with Crippen molar-refractivity contribution in [1.82, 2.24) is 0 Å². The van der Waals surface area contributed by atoms with Crippen LogP contribution in [0.3, 0.4) is 0 Å². The molecule has 1 aromatic rings. The van der Waals surface area contributed by atoms with Crippen LogP contribution in [0.15, 0.2) is 47.6 Å². The molecule has 1 heterocycles. The van der Waals surface area contributed by atoms with Crippen LogP contribution in [-0.2, 0) is 16.1 Å². The zero-order valence-corrected chi connectivity index (χ0v) is 9.27. The number of hydrogen-bond donors (Lipinski definition) is 0. The summed E-state index contributed by atoms with van der Waals surface area (Å²) in [6, 6.07) is 9.66. The summed E-state index contributed by atoms with van der Waals surface area (Å²) in [6.45, 7) is 0.863. The average Bonchev–Trinajstić information content (AvgIpc) is 2.40. The van der Waals surface area contributed by atoms with E-state index in [1.165, 1.54) is 0 Å². The number of nitrogens with zero attached hydrogens (tertiary/aromatic N) is 3. The largest absolute Gasteiger partial charge is 0.348 e. The van der Waals surface area contributed by atoms with Crippen LogP contribution in [0.5, 0.6) is 0 Å². The number of ether oxygens (including phenoxy) is 2. The maximum atomic E-state index is 8.27. The van der Waals surface area contributed by atoms with Crippen LogP contribution in [0.2, 0.25) is 0 Å². The second-order valence-electron chi connectivity index (χ2n) is 3.66. The van der Waals surface area contributed by atoms with Gasteiger partial charge in [0.25, 0.3) is 0 Å². The molecule has 2 atom stereocenters. The third-order valence-electron chi connectivity index (χ3n) is 2.38. The maximum Gasteiger partial charge on any atom is 0.177 e. The summed E-state index contributed by atoms with van der Waals surface area (Å²) in [5, 5.41) is 3.55. The lowest BCUT2D eigenvalue weighted by atomic mass is 10.2. The van der Waals surface area contributed by atoms with Gasteiger partial charge in [-0.2, -0.15) is 0 Å². The van der Waals surface area contributed by atoms with Crippen molar-refractivity contribution in [2.75, 3.05) is 6.61 Å². The molecule has 0 aromatic heterocycles. The molecule has 0 unspecified atom stereocenters. The van der Waals surface area contributed by atoms with Crippen molar-refractivity contribution in [3.8, 4) is 0 Å². The van der Waals surface area contributed by atoms with Gasteiger partial charge in [-0.25, -0.2) is 0 Å². The molecule has 0 saturated carbocycles. The lowest BCUT2D eigenvalue weighted by molar-refractivity contribution is -0.125. The molecule has 1 aliphatic heterocycles. The zero-order chi connectivity index (χ0) is 11.9. The van der Waals surface area contributed by atoms with Crippen LogP contribution in [0.25, 0.3) is 10.4 Å². The highest BCUT2D eigenvalue weighted by atomic mass is 16.7. The molecule has 0 fully saturated rings. The Hall–Kier alpha value is -1.81. The van der Waals surface area contributed by atoms with Gasteiger partial charge in [0.05, 0.1) is 19.3 Å². The summed E-state index contributed by atoms with van der Waals surface area (Å²) in [7, 11) is 0. The molecule has 5 nitrogen and oxygen atoms in total. The fourth-order valence-electron chi connectivity index (χ4n) is 1.52. The van der Waals surface area contributed by atoms with Crippen molar-refractivity contribution in [1.29, 1.82) is 0 Å². The second kappa shape index (κ2) is 6.06. The van der Waals surface area contributed by atoms with E-state index >= 15 is 0 Å². The average molecular weight is 231 g/mol. The fourth-order valence-corrected chi connectivity index (χ4v) is 1.52. The molecule has 0 aliphatic carbocycles. The third kappa shape index (κ3) is 3.60. The molecule has 0 spiro atoms. The minimum absolute atomic E-state index is 0.225. The van der Waals surface area contributed by atoms with E-state index in [9.17, 15) is 0 Å². The Balaban J connectivity index is 1.82. The van der Waals surface area contributed by atoms with Crippen molar-refractivity contribution < 1.29 is 9.47 Å². The van der Waals surface area contributed by atoms with E-state index in [1.807, 2.05) is 30.3 Å². The van der Waals surface area contributed by atoms with Crippen molar-refractivity contribution in [3.05, 3.63) is 58.5 Å². The van der Waals surface area contributed by atoms with Gasteiger partial charge < -0.3 is 9.47 Å². The highest BCUT2D eigenvalue weighted by Crippen LogP contribution is 2.11. The minimum Gasteiger partial charge on any atom is -0.348 e. The van der Waals surface area contributed by atoms with Gasteiger partial charge >= 0.3 is 0 Å². The molecule has 0 bridgehead atoms. The van der Waals surface area contributed by atoms with Crippen LogP contribution in [0.4, 0.5) is 0 Å². The van der Waals surface area contributed by atoms with Crippen molar-refractivity contribution in [2.45, 2.75) is 18.9 Å². The molecular weight excluding hydrogens is 218 g/mol. The normalized spacial score (nSPS) is 23.1. The third-order valence-corrected chi connectivity index (χ3v) is 2.38. The second-order valence-corrected chi connectivity index (χ2v) is 3.66. The van der Waals surface area contributed by atoms with E-state index < -0.39 is 0 Å². The number of benzene rings is 1. The van der Waals surface area contributed by atoms with E-state index in [0.717, 1.165) is 5.56 Å². The van der Waals surface area contributed by atoms with Gasteiger partial charge in [0.15, 0.2) is 6.29 Å². The van der Waals surface area contributed by atoms with Gasteiger partial charge in [-0.3, -0.25) is 0 Å². The molecule has 0 amide bonds. The van der Waals surface area contributed by atoms with E-state index in [1.54, 1.807) is 12.2 Å². The molecule has 0 N–H and O–H groups in total. The number of azide groups is 1. The molecule has 1 aromatic carbocycles. The molecule has 1 aliphatic rings. The fraction of sp³-hybridized carbons (Fsp3) is 0.333. The molecule has 0 radical (unpaired) electrons. The monoisotopic (exact) mass is 231 g/mol. The molecular formula is C12H13N3O2. The molecule has 2 rings (SSSR count). The van der Waals surface area contributed by atoms with E-state index in [4.69, 9.17) is 15.0 Å². The maximum absolute atomic E-state index is 8.27. The van der Waals surface area contributed by atoms with Gasteiger partial charge in [0, 0.05) is 4.91 Å². The van der Waals surface area contributed by atoms with E-state index in [2.05, 4.69) is 10.0 Å². The van der Waals surface area contributed by atoms with Crippen molar-refractivity contribution in [3.63, 3.8) is 0 Å². The van der Waals surface area contributed by atoms with Gasteiger partial charge in [0.1, 0.15) is 0 Å². The Bertz CT molecular complexity index is 427. The zero-order valence-electron chi connectivity index (χ0n) is 9.27. The number of hydrogen-bond acceptors (Lipinski definition) is 3. The molecule has 17 heavy (non-hydrogen) atoms. The lowest BCUT2D eigenvalue weighted by Crippen LogP contribution is -2.25. The predicted octanol–water partition coefficient (Wildman–Crippen LogP) is 2.79. The SMILES string of the molecule is [N-]=[N+]=N[C@H]1C=C[C@H](OCc2ccccc2)OC1. The van der Waals surface area contributed by atoms with Crippen LogP contribution < -0.4 is 0 Å². The van der Waals surface area contributed by atoms with Crippen molar-refractivity contribution >= 4 is 0 Å². The lowest BCUT2D eigenvalue weighted by Gasteiger charge is -2.21. The van der Waals surface area contributed by atoms with E-state index in [0.29, 0.717) is 13.2 Å². The number of rotatable bonds is 4. The Morgan fingerprint density at radius 2 is 2.18 bits per heavy atom. The first-order chi connectivity index (χ1) is 8.38. The van der Waals surface area contributed by atoms with Gasteiger partial charge in [-0.15, -0.1) is 0 Å². The quantitative estimate of drug-likeness (QED) is 0.346.